The van der Waals surface area contributed by atoms with Gasteiger partial charge in [0.25, 0.3) is 5.91 Å². The van der Waals surface area contributed by atoms with E-state index in [1.54, 1.807) is 29.7 Å². The van der Waals surface area contributed by atoms with Crippen LogP contribution in [0, 0.1) is 0 Å². The summed E-state index contributed by atoms with van der Waals surface area (Å²) in [7, 11) is 0. The number of hydrogen-bond acceptors (Lipinski definition) is 4. The van der Waals surface area contributed by atoms with Crippen molar-refractivity contribution in [3.05, 3.63) is 52.5 Å². The van der Waals surface area contributed by atoms with Crippen LogP contribution in [0.1, 0.15) is 15.4 Å². The summed E-state index contributed by atoms with van der Waals surface area (Å²) in [4.78, 5) is 13.2. The minimum Gasteiger partial charge on any atom is -0.463 e. The maximum atomic E-state index is 11.9. The Morgan fingerprint density at radius 3 is 3.10 bits per heavy atom. The van der Waals surface area contributed by atoms with Gasteiger partial charge in [-0.2, -0.15) is 5.10 Å². The van der Waals surface area contributed by atoms with Gasteiger partial charge in [0.15, 0.2) is 11.5 Å². The van der Waals surface area contributed by atoms with Gasteiger partial charge in [0.2, 0.25) is 0 Å². The van der Waals surface area contributed by atoms with Gasteiger partial charge >= 0.3 is 0 Å². The molecule has 0 spiro atoms. The summed E-state index contributed by atoms with van der Waals surface area (Å²) >= 11 is 1.69. The molecule has 3 aromatic rings. The molecule has 0 aromatic carbocycles. The number of aromatic nitrogens is 2. The van der Waals surface area contributed by atoms with E-state index in [-0.39, 0.29) is 5.91 Å². The van der Waals surface area contributed by atoms with Crippen molar-refractivity contribution in [2.75, 3.05) is 6.54 Å². The van der Waals surface area contributed by atoms with E-state index < -0.39 is 0 Å². The number of furan rings is 1. The summed E-state index contributed by atoms with van der Waals surface area (Å²) in [5.41, 5.74) is 1.06. The van der Waals surface area contributed by atoms with Crippen LogP contribution in [0.15, 0.2) is 46.4 Å². The first-order valence-corrected chi connectivity index (χ1v) is 7.11. The highest BCUT2D eigenvalue weighted by molar-refractivity contribution is 7.09. The monoisotopic (exact) mass is 287 g/mol. The number of thiophene rings is 1. The van der Waals surface area contributed by atoms with Gasteiger partial charge in [-0.15, -0.1) is 11.3 Å². The molecule has 0 saturated carbocycles. The number of rotatable bonds is 5. The molecule has 102 valence electrons. The zero-order valence-corrected chi connectivity index (χ0v) is 11.4. The van der Waals surface area contributed by atoms with Crippen LogP contribution in [0.4, 0.5) is 0 Å². The number of carbonyl (C=O) groups excluding carboxylic acids is 1. The average Bonchev–Trinajstić information content (AvgIpc) is 3.20. The number of nitrogens with one attached hydrogen (secondary N) is 2. The molecule has 3 rings (SSSR count). The van der Waals surface area contributed by atoms with Gasteiger partial charge in [-0.1, -0.05) is 6.07 Å². The third-order valence-corrected chi connectivity index (χ3v) is 3.77. The lowest BCUT2D eigenvalue weighted by molar-refractivity contribution is 0.0949. The molecule has 5 nitrogen and oxygen atoms in total. The highest BCUT2D eigenvalue weighted by Crippen LogP contribution is 2.17. The maximum Gasteiger partial charge on any atom is 0.271 e. The third kappa shape index (κ3) is 2.80. The van der Waals surface area contributed by atoms with Crippen molar-refractivity contribution in [2.45, 2.75) is 6.42 Å². The van der Waals surface area contributed by atoms with Crippen LogP contribution in [-0.4, -0.2) is 22.6 Å². The third-order valence-electron chi connectivity index (χ3n) is 2.83. The van der Waals surface area contributed by atoms with Crippen molar-refractivity contribution in [3.8, 4) is 11.5 Å². The standard InChI is InChI=1S/C14H13N3O2S/c18-14(15-6-5-10-3-2-8-20-10)12-9-11(16-17-12)13-4-1-7-19-13/h1-4,7-9H,5-6H2,(H,15,18)(H,16,17). The fourth-order valence-electron chi connectivity index (χ4n) is 1.84. The van der Waals surface area contributed by atoms with E-state index in [2.05, 4.69) is 21.6 Å². The van der Waals surface area contributed by atoms with E-state index in [4.69, 9.17) is 4.42 Å². The van der Waals surface area contributed by atoms with Gasteiger partial charge in [0.05, 0.1) is 6.26 Å². The fourth-order valence-corrected chi connectivity index (χ4v) is 2.55. The van der Waals surface area contributed by atoms with Crippen molar-refractivity contribution in [1.29, 1.82) is 0 Å². The Balaban J connectivity index is 1.57. The number of aromatic amines is 1. The molecule has 3 aromatic heterocycles. The topological polar surface area (TPSA) is 70.9 Å². The average molecular weight is 287 g/mol. The second-order valence-corrected chi connectivity index (χ2v) is 5.26. The lowest BCUT2D eigenvalue weighted by atomic mass is 10.3. The van der Waals surface area contributed by atoms with Crippen LogP contribution in [0.3, 0.4) is 0 Å². The normalized spacial score (nSPS) is 10.6. The van der Waals surface area contributed by atoms with Crippen molar-refractivity contribution in [3.63, 3.8) is 0 Å². The lowest BCUT2D eigenvalue weighted by Crippen LogP contribution is -2.25. The summed E-state index contributed by atoms with van der Waals surface area (Å²) in [5, 5.41) is 11.7. The van der Waals surface area contributed by atoms with Gasteiger partial charge in [-0.3, -0.25) is 9.89 Å². The predicted octanol–water partition coefficient (Wildman–Crippen LogP) is 2.70. The molecule has 0 unspecified atom stereocenters. The summed E-state index contributed by atoms with van der Waals surface area (Å²) in [6, 6.07) is 9.34. The van der Waals surface area contributed by atoms with Gasteiger partial charge in [-0.05, 0) is 30.0 Å². The van der Waals surface area contributed by atoms with Crippen LogP contribution in [0.2, 0.25) is 0 Å². The minimum absolute atomic E-state index is 0.185. The molecule has 0 atom stereocenters. The molecule has 0 aliphatic rings. The molecular formula is C14H13N3O2S. The quantitative estimate of drug-likeness (QED) is 0.758. The van der Waals surface area contributed by atoms with Crippen molar-refractivity contribution < 1.29 is 9.21 Å². The molecule has 0 saturated heterocycles. The molecule has 20 heavy (non-hydrogen) atoms. The Labute approximate surface area is 119 Å². The van der Waals surface area contributed by atoms with E-state index in [1.165, 1.54) is 4.88 Å². The molecule has 0 bridgehead atoms. The Bertz CT molecular complexity index is 671. The SMILES string of the molecule is O=C(NCCc1cccs1)c1cc(-c2ccco2)[nH]n1. The van der Waals surface area contributed by atoms with Crippen molar-refractivity contribution in [2.24, 2.45) is 0 Å². The minimum atomic E-state index is -0.185. The van der Waals surface area contributed by atoms with Gasteiger partial charge in [-0.25, -0.2) is 0 Å². The molecule has 1 amide bonds. The number of amides is 1. The van der Waals surface area contributed by atoms with Gasteiger partial charge in [0, 0.05) is 17.5 Å². The van der Waals surface area contributed by atoms with Crippen molar-refractivity contribution in [1.82, 2.24) is 15.5 Å². The van der Waals surface area contributed by atoms with E-state index in [9.17, 15) is 4.79 Å². The van der Waals surface area contributed by atoms with Crippen LogP contribution in [0.5, 0.6) is 0 Å². The molecule has 0 radical (unpaired) electrons. The second kappa shape index (κ2) is 5.75. The number of H-pyrrole nitrogens is 1. The van der Waals surface area contributed by atoms with E-state index in [1.807, 2.05) is 17.5 Å². The number of carbonyl (C=O) groups is 1. The van der Waals surface area contributed by atoms with E-state index >= 15 is 0 Å². The molecular weight excluding hydrogens is 274 g/mol. The molecule has 2 N–H and O–H groups in total. The van der Waals surface area contributed by atoms with Crippen molar-refractivity contribution >= 4 is 17.2 Å². The highest BCUT2D eigenvalue weighted by Gasteiger charge is 2.12. The fraction of sp³-hybridized carbons (Fsp3) is 0.143. The zero-order chi connectivity index (χ0) is 13.8. The predicted molar refractivity (Wildman–Crippen MR) is 76.6 cm³/mol. The van der Waals surface area contributed by atoms with Crippen LogP contribution in [0.25, 0.3) is 11.5 Å². The zero-order valence-electron chi connectivity index (χ0n) is 10.6. The Morgan fingerprint density at radius 2 is 2.35 bits per heavy atom. The number of hydrogen-bond donors (Lipinski definition) is 2. The smallest absolute Gasteiger partial charge is 0.271 e. The van der Waals surface area contributed by atoms with E-state index in [0.29, 0.717) is 23.7 Å². The van der Waals surface area contributed by atoms with Crippen LogP contribution in [-0.2, 0) is 6.42 Å². The highest BCUT2D eigenvalue weighted by atomic mass is 32.1. The first-order chi connectivity index (χ1) is 9.83. The largest absolute Gasteiger partial charge is 0.463 e. The Hall–Kier alpha value is -2.34. The summed E-state index contributed by atoms with van der Waals surface area (Å²) in [6.07, 6.45) is 2.41. The summed E-state index contributed by atoms with van der Waals surface area (Å²) in [5.74, 6) is 0.478. The van der Waals surface area contributed by atoms with Gasteiger partial charge in [0.1, 0.15) is 5.69 Å². The maximum absolute atomic E-state index is 11.9. The van der Waals surface area contributed by atoms with Crippen LogP contribution < -0.4 is 5.32 Å². The van der Waals surface area contributed by atoms with Crippen LogP contribution >= 0.6 is 11.3 Å². The molecule has 0 aliphatic heterocycles. The first kappa shape index (κ1) is 12.7. The Kier molecular flexibility index (Phi) is 3.64. The second-order valence-electron chi connectivity index (χ2n) is 4.23. The molecule has 6 heteroatoms. The molecule has 0 fully saturated rings. The molecule has 3 heterocycles. The molecule has 0 aliphatic carbocycles. The number of nitrogens with zero attached hydrogens (tertiary/aromatic N) is 1. The first-order valence-electron chi connectivity index (χ1n) is 6.23. The van der Waals surface area contributed by atoms with Gasteiger partial charge < -0.3 is 9.73 Å². The lowest BCUT2D eigenvalue weighted by Gasteiger charge is -2.00. The van der Waals surface area contributed by atoms with E-state index in [0.717, 1.165) is 6.42 Å². The Morgan fingerprint density at radius 1 is 1.40 bits per heavy atom. The summed E-state index contributed by atoms with van der Waals surface area (Å²) < 4.78 is 5.24. The summed E-state index contributed by atoms with van der Waals surface area (Å²) in [6.45, 7) is 0.599.